The van der Waals surface area contributed by atoms with E-state index >= 15 is 0 Å². The molecule has 0 aromatic heterocycles. The molecular weight excluding hydrogens is 224 g/mol. The highest BCUT2D eigenvalue weighted by molar-refractivity contribution is 5.77. The molecule has 0 aromatic carbocycles. The largest absolute Gasteiger partial charge is 0.339 e. The van der Waals surface area contributed by atoms with Crippen molar-refractivity contribution in [2.24, 2.45) is 11.8 Å². The van der Waals surface area contributed by atoms with Crippen LogP contribution in [0.2, 0.25) is 0 Å². The molecule has 3 nitrogen and oxygen atoms in total. The Hall–Kier alpha value is -0.570. The molecule has 4 heterocycles. The summed E-state index contributed by atoms with van der Waals surface area (Å²) in [6.45, 7) is 3.66. The van der Waals surface area contributed by atoms with Crippen LogP contribution in [0.3, 0.4) is 0 Å². The fraction of sp³-hybridized carbons (Fsp3) is 0.933. The van der Waals surface area contributed by atoms with Crippen LogP contribution in [0.25, 0.3) is 0 Å². The van der Waals surface area contributed by atoms with Gasteiger partial charge in [-0.3, -0.25) is 9.69 Å². The number of carbonyl (C=O) groups is 1. The lowest BCUT2D eigenvalue weighted by Crippen LogP contribution is -2.64. The standard InChI is InChI=1S/C15H24N2O/c18-15-6-3-5-14-11-8-12(10-17(14)15)13-4-1-2-7-16(13)9-11/h11-14H,1-10H2/t11-,12?,13+,14-/m1/s1. The van der Waals surface area contributed by atoms with Gasteiger partial charge in [0.15, 0.2) is 0 Å². The zero-order chi connectivity index (χ0) is 12.1. The maximum absolute atomic E-state index is 12.1. The molecule has 4 rings (SSSR count). The average Bonchev–Trinajstić information content (AvgIpc) is 2.40. The van der Waals surface area contributed by atoms with Crippen molar-refractivity contribution in [3.63, 3.8) is 0 Å². The molecule has 0 N–H and O–H groups in total. The van der Waals surface area contributed by atoms with Gasteiger partial charge in [0.25, 0.3) is 0 Å². The summed E-state index contributed by atoms with van der Waals surface area (Å²) in [5, 5.41) is 0. The van der Waals surface area contributed by atoms with E-state index in [0.717, 1.165) is 37.3 Å². The first-order valence-electron chi connectivity index (χ1n) is 7.86. The van der Waals surface area contributed by atoms with Crippen molar-refractivity contribution < 1.29 is 4.79 Å². The summed E-state index contributed by atoms with van der Waals surface area (Å²) in [6.07, 6.45) is 8.78. The number of amides is 1. The van der Waals surface area contributed by atoms with Gasteiger partial charge in [-0.25, -0.2) is 0 Å². The van der Waals surface area contributed by atoms with Gasteiger partial charge in [0, 0.05) is 31.6 Å². The molecule has 1 unspecified atom stereocenters. The van der Waals surface area contributed by atoms with E-state index in [-0.39, 0.29) is 0 Å². The Morgan fingerprint density at radius 2 is 1.78 bits per heavy atom. The van der Waals surface area contributed by atoms with Crippen molar-refractivity contribution in [1.82, 2.24) is 9.80 Å². The molecule has 0 aliphatic carbocycles. The van der Waals surface area contributed by atoms with Crippen LogP contribution in [0.5, 0.6) is 0 Å². The summed E-state index contributed by atoms with van der Waals surface area (Å²) < 4.78 is 0. The third kappa shape index (κ3) is 1.63. The molecule has 2 bridgehead atoms. The smallest absolute Gasteiger partial charge is 0.222 e. The van der Waals surface area contributed by atoms with Crippen molar-refractivity contribution in [2.75, 3.05) is 19.6 Å². The average molecular weight is 248 g/mol. The molecule has 4 saturated heterocycles. The van der Waals surface area contributed by atoms with Crippen LogP contribution < -0.4 is 0 Å². The Labute approximate surface area is 110 Å². The molecule has 0 spiro atoms. The molecular formula is C15H24N2O. The molecule has 100 valence electrons. The van der Waals surface area contributed by atoms with Gasteiger partial charge in [-0.15, -0.1) is 0 Å². The molecule has 0 saturated carbocycles. The van der Waals surface area contributed by atoms with E-state index in [1.807, 2.05) is 0 Å². The van der Waals surface area contributed by atoms with E-state index < -0.39 is 0 Å². The van der Waals surface area contributed by atoms with Crippen molar-refractivity contribution in [1.29, 1.82) is 0 Å². The number of nitrogens with zero attached hydrogens (tertiary/aromatic N) is 2. The third-order valence-electron chi connectivity index (χ3n) is 5.87. The first-order chi connectivity index (χ1) is 8.83. The van der Waals surface area contributed by atoms with E-state index in [9.17, 15) is 4.79 Å². The predicted octanol–water partition coefficient (Wildman–Crippen LogP) is 1.87. The number of rotatable bonds is 0. The zero-order valence-corrected chi connectivity index (χ0v) is 11.2. The molecule has 0 aromatic rings. The van der Waals surface area contributed by atoms with Crippen molar-refractivity contribution in [3.05, 3.63) is 0 Å². The summed E-state index contributed by atoms with van der Waals surface area (Å²) in [4.78, 5) is 17.2. The van der Waals surface area contributed by atoms with Crippen LogP contribution in [0.4, 0.5) is 0 Å². The summed E-state index contributed by atoms with van der Waals surface area (Å²) in [6, 6.07) is 1.39. The van der Waals surface area contributed by atoms with Crippen molar-refractivity contribution >= 4 is 5.91 Å². The van der Waals surface area contributed by atoms with Gasteiger partial charge < -0.3 is 4.90 Å². The minimum absolute atomic E-state index is 0.449. The second-order valence-corrected chi connectivity index (χ2v) is 6.82. The maximum Gasteiger partial charge on any atom is 0.222 e. The molecule has 4 atom stereocenters. The predicted molar refractivity (Wildman–Crippen MR) is 70.2 cm³/mol. The SMILES string of the molecule is O=C1CCC[C@@H]2[C@@H]3CC(CN12)[C@@H]1CCCCN1C3. The zero-order valence-electron chi connectivity index (χ0n) is 11.2. The van der Waals surface area contributed by atoms with Crippen LogP contribution in [0.15, 0.2) is 0 Å². The quantitative estimate of drug-likeness (QED) is 0.653. The maximum atomic E-state index is 12.1. The molecule has 18 heavy (non-hydrogen) atoms. The first-order valence-corrected chi connectivity index (χ1v) is 7.86. The van der Waals surface area contributed by atoms with Gasteiger partial charge in [-0.2, -0.15) is 0 Å². The molecule has 4 fully saturated rings. The second kappa shape index (κ2) is 4.22. The Morgan fingerprint density at radius 3 is 2.72 bits per heavy atom. The highest BCUT2D eigenvalue weighted by Crippen LogP contribution is 2.42. The van der Waals surface area contributed by atoms with Crippen LogP contribution >= 0.6 is 0 Å². The molecule has 4 aliphatic rings. The molecule has 1 amide bonds. The number of piperidine rings is 4. The second-order valence-electron chi connectivity index (χ2n) is 6.82. The summed E-state index contributed by atoms with van der Waals surface area (Å²) in [5.41, 5.74) is 0. The van der Waals surface area contributed by atoms with Crippen LogP contribution in [0, 0.1) is 11.8 Å². The van der Waals surface area contributed by atoms with Gasteiger partial charge in [0.05, 0.1) is 0 Å². The van der Waals surface area contributed by atoms with Crippen LogP contribution in [-0.4, -0.2) is 47.4 Å². The lowest BCUT2D eigenvalue weighted by Gasteiger charge is -2.56. The van der Waals surface area contributed by atoms with Crippen LogP contribution in [0.1, 0.15) is 44.9 Å². The van der Waals surface area contributed by atoms with Gasteiger partial charge >= 0.3 is 0 Å². The summed E-state index contributed by atoms with van der Waals surface area (Å²) in [5.74, 6) is 2.01. The summed E-state index contributed by atoms with van der Waals surface area (Å²) in [7, 11) is 0. The monoisotopic (exact) mass is 248 g/mol. The van der Waals surface area contributed by atoms with E-state index in [0.29, 0.717) is 11.9 Å². The van der Waals surface area contributed by atoms with E-state index in [1.165, 1.54) is 45.2 Å². The van der Waals surface area contributed by atoms with Gasteiger partial charge in [0.1, 0.15) is 0 Å². The number of hydrogen-bond donors (Lipinski definition) is 0. The molecule has 4 aliphatic heterocycles. The normalized spacial score (nSPS) is 44.4. The van der Waals surface area contributed by atoms with E-state index in [2.05, 4.69) is 9.80 Å². The topological polar surface area (TPSA) is 23.6 Å². The van der Waals surface area contributed by atoms with Crippen molar-refractivity contribution in [3.8, 4) is 0 Å². The number of fused-ring (bicyclic) bond motifs is 6. The first kappa shape index (κ1) is 11.3. The highest BCUT2D eigenvalue weighted by atomic mass is 16.2. The van der Waals surface area contributed by atoms with Crippen LogP contribution in [-0.2, 0) is 4.79 Å². The van der Waals surface area contributed by atoms with Crippen molar-refractivity contribution in [2.45, 2.75) is 57.0 Å². The van der Waals surface area contributed by atoms with Gasteiger partial charge in [-0.05, 0) is 50.5 Å². The fourth-order valence-electron chi connectivity index (χ4n) is 5.10. The van der Waals surface area contributed by atoms with E-state index in [4.69, 9.17) is 0 Å². The Morgan fingerprint density at radius 1 is 0.944 bits per heavy atom. The Bertz CT molecular complexity index is 356. The highest BCUT2D eigenvalue weighted by Gasteiger charge is 2.47. The summed E-state index contributed by atoms with van der Waals surface area (Å²) >= 11 is 0. The lowest BCUT2D eigenvalue weighted by atomic mass is 9.71. The molecule has 0 radical (unpaired) electrons. The third-order valence-corrected chi connectivity index (χ3v) is 5.87. The molecule has 3 heteroatoms. The Kier molecular flexibility index (Phi) is 2.65. The van der Waals surface area contributed by atoms with Gasteiger partial charge in [0.2, 0.25) is 5.91 Å². The van der Waals surface area contributed by atoms with E-state index in [1.54, 1.807) is 0 Å². The lowest BCUT2D eigenvalue weighted by molar-refractivity contribution is -0.148. The minimum Gasteiger partial charge on any atom is -0.339 e. The number of carbonyl (C=O) groups excluding carboxylic acids is 1. The number of hydrogen-bond acceptors (Lipinski definition) is 2. The Balaban J connectivity index is 1.59. The minimum atomic E-state index is 0.449. The fourth-order valence-corrected chi connectivity index (χ4v) is 5.10. The van der Waals surface area contributed by atoms with Gasteiger partial charge in [-0.1, -0.05) is 6.42 Å².